The van der Waals surface area contributed by atoms with E-state index in [-0.39, 0.29) is 6.04 Å². The van der Waals surface area contributed by atoms with Crippen molar-refractivity contribution in [1.82, 2.24) is 10.3 Å². The highest BCUT2D eigenvalue weighted by atomic mass is 79.9. The molecule has 0 radical (unpaired) electrons. The molecule has 2 aromatic rings. The van der Waals surface area contributed by atoms with Crippen LogP contribution in [0, 0.1) is 0 Å². The van der Waals surface area contributed by atoms with E-state index < -0.39 is 11.7 Å². The van der Waals surface area contributed by atoms with Gasteiger partial charge in [0.1, 0.15) is 0 Å². The van der Waals surface area contributed by atoms with Crippen LogP contribution in [0.5, 0.6) is 0 Å². The predicted octanol–water partition coefficient (Wildman–Crippen LogP) is 4.23. The Balaban J connectivity index is 2.33. The molecule has 2 nitrogen and oxygen atoms in total. The van der Waals surface area contributed by atoms with Gasteiger partial charge in [0, 0.05) is 16.0 Å². The molecule has 0 aliphatic carbocycles. The van der Waals surface area contributed by atoms with Crippen molar-refractivity contribution < 1.29 is 13.2 Å². The highest BCUT2D eigenvalue weighted by molar-refractivity contribution is 9.10. The fraction of sp³-hybridized carbons (Fsp3) is 0.250. The van der Waals surface area contributed by atoms with E-state index in [9.17, 15) is 13.2 Å². The molecule has 2 rings (SSSR count). The van der Waals surface area contributed by atoms with Crippen molar-refractivity contribution in [3.63, 3.8) is 0 Å². The van der Waals surface area contributed by atoms with Crippen LogP contribution in [-0.2, 0) is 6.18 Å². The third kappa shape index (κ3) is 3.16. The van der Waals surface area contributed by atoms with Gasteiger partial charge in [0.15, 0.2) is 0 Å². The highest BCUT2D eigenvalue weighted by Gasteiger charge is 2.31. The van der Waals surface area contributed by atoms with Gasteiger partial charge in [-0.25, -0.2) is 0 Å². The van der Waals surface area contributed by atoms with Crippen LogP contribution in [0.1, 0.15) is 22.9 Å². The first-order valence-electron chi connectivity index (χ1n) is 5.35. The topological polar surface area (TPSA) is 24.9 Å². The van der Waals surface area contributed by atoms with Gasteiger partial charge in [-0.05, 0) is 46.1 Å². The maximum absolute atomic E-state index is 12.5. The SMILES string of the molecule is CNC(c1ccc(C(F)(F)F)cn1)c1cscc1Br. The quantitative estimate of drug-likeness (QED) is 0.895. The van der Waals surface area contributed by atoms with Gasteiger partial charge in [-0.15, -0.1) is 0 Å². The summed E-state index contributed by atoms with van der Waals surface area (Å²) in [5.74, 6) is 0. The average Bonchev–Trinajstić information content (AvgIpc) is 2.76. The van der Waals surface area contributed by atoms with Crippen LogP contribution in [0.4, 0.5) is 13.2 Å². The third-order valence-electron chi connectivity index (χ3n) is 2.65. The number of aromatic nitrogens is 1. The van der Waals surface area contributed by atoms with E-state index in [0.717, 1.165) is 22.3 Å². The van der Waals surface area contributed by atoms with Crippen LogP contribution in [0.3, 0.4) is 0 Å². The summed E-state index contributed by atoms with van der Waals surface area (Å²) in [6.07, 6.45) is -3.50. The summed E-state index contributed by atoms with van der Waals surface area (Å²) >= 11 is 4.93. The molecular weight excluding hydrogens is 341 g/mol. The zero-order chi connectivity index (χ0) is 14.0. The van der Waals surface area contributed by atoms with E-state index in [2.05, 4.69) is 26.2 Å². The number of nitrogens with one attached hydrogen (secondary N) is 1. The molecule has 0 aliphatic heterocycles. The predicted molar refractivity (Wildman–Crippen MR) is 72.2 cm³/mol. The standard InChI is InChI=1S/C12H10BrF3N2S/c1-17-11(8-5-19-6-9(8)13)10-3-2-7(4-18-10)12(14,15)16/h2-6,11,17H,1H3. The maximum atomic E-state index is 12.5. The molecule has 0 spiro atoms. The van der Waals surface area contributed by atoms with Gasteiger partial charge in [-0.3, -0.25) is 4.98 Å². The molecule has 0 amide bonds. The molecule has 102 valence electrons. The van der Waals surface area contributed by atoms with Crippen LogP contribution >= 0.6 is 27.3 Å². The van der Waals surface area contributed by atoms with Gasteiger partial charge in [0.25, 0.3) is 0 Å². The molecule has 1 unspecified atom stereocenters. The van der Waals surface area contributed by atoms with Gasteiger partial charge in [-0.1, -0.05) is 0 Å². The summed E-state index contributed by atoms with van der Waals surface area (Å²) < 4.78 is 38.4. The highest BCUT2D eigenvalue weighted by Crippen LogP contribution is 2.32. The van der Waals surface area contributed by atoms with Crippen molar-refractivity contribution in [1.29, 1.82) is 0 Å². The summed E-state index contributed by atoms with van der Waals surface area (Å²) in [5, 5.41) is 6.91. The smallest absolute Gasteiger partial charge is 0.308 e. The number of pyridine rings is 1. The normalized spacial score (nSPS) is 13.5. The first kappa shape index (κ1) is 14.5. The minimum absolute atomic E-state index is 0.233. The Kier molecular flexibility index (Phi) is 4.27. The number of thiophene rings is 1. The molecule has 0 aliphatic rings. The Bertz CT molecular complexity index is 551. The summed E-state index contributed by atoms with van der Waals surface area (Å²) in [4.78, 5) is 3.91. The first-order chi connectivity index (χ1) is 8.93. The van der Waals surface area contributed by atoms with Crippen molar-refractivity contribution in [3.8, 4) is 0 Å². The van der Waals surface area contributed by atoms with Crippen LogP contribution in [0.2, 0.25) is 0 Å². The van der Waals surface area contributed by atoms with Crippen molar-refractivity contribution in [2.75, 3.05) is 7.05 Å². The first-order valence-corrected chi connectivity index (χ1v) is 7.09. The Morgan fingerprint density at radius 2 is 2.05 bits per heavy atom. The second kappa shape index (κ2) is 5.60. The zero-order valence-electron chi connectivity index (χ0n) is 9.83. The molecule has 0 saturated carbocycles. The number of nitrogens with zero attached hydrogens (tertiary/aromatic N) is 1. The molecule has 2 heterocycles. The number of alkyl halides is 3. The van der Waals surface area contributed by atoms with E-state index in [4.69, 9.17) is 0 Å². The lowest BCUT2D eigenvalue weighted by Gasteiger charge is -2.16. The fourth-order valence-electron chi connectivity index (χ4n) is 1.70. The number of rotatable bonds is 3. The lowest BCUT2D eigenvalue weighted by atomic mass is 10.1. The van der Waals surface area contributed by atoms with Crippen molar-refractivity contribution in [2.24, 2.45) is 0 Å². The summed E-state index contributed by atoms with van der Waals surface area (Å²) in [6.45, 7) is 0. The lowest BCUT2D eigenvalue weighted by Crippen LogP contribution is -2.19. The second-order valence-electron chi connectivity index (χ2n) is 3.87. The van der Waals surface area contributed by atoms with Crippen LogP contribution in [-0.4, -0.2) is 12.0 Å². The molecule has 0 aromatic carbocycles. The summed E-state index contributed by atoms with van der Waals surface area (Å²) in [5.41, 5.74) is 0.768. The maximum Gasteiger partial charge on any atom is 0.417 e. The fourth-order valence-corrected chi connectivity index (χ4v) is 3.26. The molecule has 7 heteroatoms. The molecule has 0 fully saturated rings. The second-order valence-corrected chi connectivity index (χ2v) is 5.46. The van der Waals surface area contributed by atoms with Gasteiger partial charge in [0.2, 0.25) is 0 Å². The van der Waals surface area contributed by atoms with Gasteiger partial charge >= 0.3 is 6.18 Å². The van der Waals surface area contributed by atoms with Gasteiger partial charge < -0.3 is 5.32 Å². The molecular formula is C12H10BrF3N2S. The van der Waals surface area contributed by atoms with Crippen LogP contribution in [0.25, 0.3) is 0 Å². The van der Waals surface area contributed by atoms with Crippen LogP contribution < -0.4 is 5.32 Å². The minimum atomic E-state index is -4.36. The Labute approximate surface area is 120 Å². The molecule has 0 bridgehead atoms. The van der Waals surface area contributed by atoms with E-state index in [1.165, 1.54) is 17.4 Å². The molecule has 1 N–H and O–H groups in total. The molecule has 2 aromatic heterocycles. The largest absolute Gasteiger partial charge is 0.417 e. The van der Waals surface area contributed by atoms with E-state index in [1.807, 2.05) is 10.8 Å². The monoisotopic (exact) mass is 350 g/mol. The van der Waals surface area contributed by atoms with Gasteiger partial charge in [0.05, 0.1) is 17.3 Å². The molecule has 19 heavy (non-hydrogen) atoms. The average molecular weight is 351 g/mol. The van der Waals surface area contributed by atoms with Crippen molar-refractivity contribution >= 4 is 27.3 Å². The van der Waals surface area contributed by atoms with E-state index in [1.54, 1.807) is 7.05 Å². The Morgan fingerprint density at radius 3 is 2.47 bits per heavy atom. The van der Waals surface area contributed by atoms with Gasteiger partial charge in [-0.2, -0.15) is 24.5 Å². The van der Waals surface area contributed by atoms with E-state index in [0.29, 0.717) is 5.69 Å². The summed E-state index contributed by atoms with van der Waals surface area (Å²) in [6, 6.07) is 2.21. The number of hydrogen-bond donors (Lipinski definition) is 1. The van der Waals surface area contributed by atoms with Crippen molar-refractivity contribution in [3.05, 3.63) is 50.4 Å². The Morgan fingerprint density at radius 1 is 1.32 bits per heavy atom. The Hall–Kier alpha value is -0.920. The summed E-state index contributed by atoms with van der Waals surface area (Å²) in [7, 11) is 1.74. The molecule has 0 saturated heterocycles. The molecule has 1 atom stereocenters. The third-order valence-corrected chi connectivity index (χ3v) is 4.40. The lowest BCUT2D eigenvalue weighted by molar-refractivity contribution is -0.137. The minimum Gasteiger partial charge on any atom is -0.308 e. The zero-order valence-corrected chi connectivity index (χ0v) is 12.2. The number of hydrogen-bond acceptors (Lipinski definition) is 3. The number of halogens is 4. The van der Waals surface area contributed by atoms with Crippen LogP contribution in [0.15, 0.2) is 33.6 Å². The van der Waals surface area contributed by atoms with Crippen molar-refractivity contribution in [2.45, 2.75) is 12.2 Å². The van der Waals surface area contributed by atoms with E-state index >= 15 is 0 Å².